The third kappa shape index (κ3) is 5.00. The van der Waals surface area contributed by atoms with Crippen LogP contribution < -0.4 is 16.0 Å². The van der Waals surface area contributed by atoms with Gasteiger partial charge in [-0.05, 0) is 66.3 Å². The van der Waals surface area contributed by atoms with Gasteiger partial charge in [0, 0.05) is 55.1 Å². The number of carbonyl (C=O) groups excluding carboxylic acids is 2. The van der Waals surface area contributed by atoms with E-state index in [0.29, 0.717) is 35.5 Å². The van der Waals surface area contributed by atoms with E-state index in [1.165, 1.54) is 23.3 Å². The molecule has 0 spiro atoms. The van der Waals surface area contributed by atoms with Crippen molar-refractivity contribution in [2.24, 2.45) is 0 Å². The largest absolute Gasteiger partial charge is 0.354 e. The van der Waals surface area contributed by atoms with Gasteiger partial charge >= 0.3 is 0 Å². The second kappa shape index (κ2) is 10.3. The Bertz CT molecular complexity index is 1510. The minimum atomic E-state index is -0.456. The molecule has 0 unspecified atom stereocenters. The van der Waals surface area contributed by atoms with Crippen molar-refractivity contribution in [1.82, 2.24) is 10.2 Å². The number of hydrogen-bond acceptors (Lipinski definition) is 6. The van der Waals surface area contributed by atoms with Gasteiger partial charge in [-0.1, -0.05) is 30.3 Å². The van der Waals surface area contributed by atoms with Crippen molar-refractivity contribution in [3.8, 4) is 0 Å². The summed E-state index contributed by atoms with van der Waals surface area (Å²) in [6.07, 6.45) is 3.46. The highest BCUT2D eigenvalue weighted by Crippen LogP contribution is 2.39. The van der Waals surface area contributed by atoms with E-state index in [-0.39, 0.29) is 17.5 Å². The molecule has 3 aliphatic heterocycles. The number of nitro benzene ring substituents is 1. The second-order valence-corrected chi connectivity index (χ2v) is 10.2. The highest BCUT2D eigenvalue weighted by Gasteiger charge is 2.30. The van der Waals surface area contributed by atoms with Gasteiger partial charge in [-0.3, -0.25) is 19.7 Å². The third-order valence-corrected chi connectivity index (χ3v) is 7.61. The zero-order valence-electron chi connectivity index (χ0n) is 21.5. The number of nitrogens with zero attached hydrogens (tertiary/aromatic N) is 2. The number of likely N-dealkylation sites (tertiary alicyclic amines) is 1. The first-order valence-corrected chi connectivity index (χ1v) is 13.3. The van der Waals surface area contributed by atoms with Crippen LogP contribution in [0.25, 0.3) is 11.3 Å². The number of non-ortho nitro benzene ring substituents is 1. The maximum absolute atomic E-state index is 13.3. The Hall–Kier alpha value is -4.50. The molecule has 9 heteroatoms. The van der Waals surface area contributed by atoms with Crippen molar-refractivity contribution in [3.05, 3.63) is 98.6 Å². The van der Waals surface area contributed by atoms with E-state index in [1.807, 2.05) is 35.2 Å². The van der Waals surface area contributed by atoms with Crippen LogP contribution in [0.3, 0.4) is 0 Å². The lowest BCUT2D eigenvalue weighted by Gasteiger charge is -2.26. The fourth-order valence-corrected chi connectivity index (χ4v) is 5.52. The van der Waals surface area contributed by atoms with Crippen LogP contribution in [0.15, 0.2) is 60.7 Å². The standard InChI is InChI=1S/C30H29N5O4/c36-27-3-1-2-14-34(27)18-19-4-6-20(7-5-19)29(32-23-9-8-22-17-31-13-12-21(22)15-23)28-25-16-24(35(38)39)10-11-26(25)33-30(28)37/h4-11,15-16,31-32H,1-3,12-14,17-18H2,(H,33,37). The molecule has 1 fully saturated rings. The molecule has 0 bridgehead atoms. The van der Waals surface area contributed by atoms with Crippen LogP contribution in [0.1, 0.15) is 47.1 Å². The van der Waals surface area contributed by atoms with E-state index in [0.717, 1.165) is 55.7 Å². The summed E-state index contributed by atoms with van der Waals surface area (Å²) in [7, 11) is 0. The Morgan fingerprint density at radius 3 is 2.62 bits per heavy atom. The molecule has 0 atom stereocenters. The molecule has 6 rings (SSSR count). The number of hydrogen-bond donors (Lipinski definition) is 3. The van der Waals surface area contributed by atoms with Crippen LogP contribution in [0, 0.1) is 10.1 Å². The molecule has 2 amide bonds. The molecule has 9 nitrogen and oxygen atoms in total. The molecular weight excluding hydrogens is 494 g/mol. The van der Waals surface area contributed by atoms with Crippen LogP contribution >= 0.6 is 0 Å². The highest BCUT2D eigenvalue weighted by molar-refractivity contribution is 6.37. The van der Waals surface area contributed by atoms with Crippen LogP contribution in [0.5, 0.6) is 0 Å². The fourth-order valence-electron chi connectivity index (χ4n) is 5.52. The predicted molar refractivity (Wildman–Crippen MR) is 150 cm³/mol. The van der Waals surface area contributed by atoms with Crippen LogP contribution in [0.4, 0.5) is 17.1 Å². The number of rotatable bonds is 6. The third-order valence-electron chi connectivity index (χ3n) is 7.61. The number of carbonyl (C=O) groups is 2. The predicted octanol–water partition coefficient (Wildman–Crippen LogP) is 4.69. The van der Waals surface area contributed by atoms with Crippen LogP contribution in [-0.2, 0) is 29.1 Å². The van der Waals surface area contributed by atoms with Gasteiger partial charge in [0.25, 0.3) is 11.6 Å². The fraction of sp³-hybridized carbons (Fsp3) is 0.267. The molecular formula is C30H29N5O4. The monoisotopic (exact) mass is 523 g/mol. The van der Waals surface area contributed by atoms with E-state index in [9.17, 15) is 19.7 Å². The molecule has 0 saturated carbocycles. The maximum atomic E-state index is 13.3. The smallest absolute Gasteiger partial charge is 0.270 e. The topological polar surface area (TPSA) is 117 Å². The van der Waals surface area contributed by atoms with Gasteiger partial charge < -0.3 is 20.9 Å². The Morgan fingerprint density at radius 2 is 1.82 bits per heavy atom. The maximum Gasteiger partial charge on any atom is 0.270 e. The number of fused-ring (bicyclic) bond motifs is 2. The molecule has 198 valence electrons. The number of piperidine rings is 1. The summed E-state index contributed by atoms with van der Waals surface area (Å²) in [5, 5.41) is 21.2. The number of amides is 2. The van der Waals surface area contributed by atoms with E-state index >= 15 is 0 Å². The molecule has 0 radical (unpaired) electrons. The van der Waals surface area contributed by atoms with Gasteiger partial charge in [0.2, 0.25) is 5.91 Å². The zero-order chi connectivity index (χ0) is 26.9. The summed E-state index contributed by atoms with van der Waals surface area (Å²) < 4.78 is 0. The lowest BCUT2D eigenvalue weighted by molar-refractivity contribution is -0.384. The van der Waals surface area contributed by atoms with Crippen molar-refractivity contribution in [2.75, 3.05) is 23.7 Å². The van der Waals surface area contributed by atoms with Gasteiger partial charge in [0.1, 0.15) is 0 Å². The second-order valence-electron chi connectivity index (χ2n) is 10.2. The van der Waals surface area contributed by atoms with Gasteiger partial charge in [-0.2, -0.15) is 0 Å². The first-order valence-electron chi connectivity index (χ1n) is 13.3. The minimum Gasteiger partial charge on any atom is -0.354 e. The zero-order valence-corrected chi connectivity index (χ0v) is 21.5. The summed E-state index contributed by atoms with van der Waals surface area (Å²) in [6.45, 7) is 3.04. The van der Waals surface area contributed by atoms with Gasteiger partial charge in [-0.15, -0.1) is 0 Å². The lowest BCUT2D eigenvalue weighted by atomic mass is 9.97. The van der Waals surface area contributed by atoms with Crippen molar-refractivity contribution in [2.45, 2.75) is 38.8 Å². The van der Waals surface area contributed by atoms with Crippen molar-refractivity contribution in [3.63, 3.8) is 0 Å². The highest BCUT2D eigenvalue weighted by atomic mass is 16.6. The average molecular weight is 524 g/mol. The summed E-state index contributed by atoms with van der Waals surface area (Å²) in [5.41, 5.74) is 6.98. The van der Waals surface area contributed by atoms with E-state index in [4.69, 9.17) is 0 Å². The van der Waals surface area contributed by atoms with E-state index in [1.54, 1.807) is 6.07 Å². The molecule has 3 aliphatic rings. The number of nitro groups is 1. The van der Waals surface area contributed by atoms with Crippen molar-refractivity contribution >= 4 is 40.1 Å². The molecule has 3 N–H and O–H groups in total. The summed E-state index contributed by atoms with van der Waals surface area (Å²) in [6, 6.07) is 18.4. The summed E-state index contributed by atoms with van der Waals surface area (Å²) in [4.78, 5) is 38.5. The Morgan fingerprint density at radius 1 is 0.974 bits per heavy atom. The molecule has 3 aromatic rings. The molecule has 39 heavy (non-hydrogen) atoms. The quantitative estimate of drug-likeness (QED) is 0.245. The summed E-state index contributed by atoms with van der Waals surface area (Å²) in [5.74, 6) is -0.142. The lowest BCUT2D eigenvalue weighted by Crippen LogP contribution is -2.34. The SMILES string of the molecule is O=C1Nc2ccc([N+](=O)[O-])cc2C1=C(Nc1ccc2c(c1)CCNC2)c1ccc(CN2CCCCC2=O)cc1. The molecule has 0 aromatic heterocycles. The Labute approximate surface area is 226 Å². The summed E-state index contributed by atoms with van der Waals surface area (Å²) >= 11 is 0. The molecule has 3 aromatic carbocycles. The van der Waals surface area contributed by atoms with Crippen LogP contribution in [0.2, 0.25) is 0 Å². The molecule has 0 aliphatic carbocycles. The van der Waals surface area contributed by atoms with Crippen LogP contribution in [-0.4, -0.2) is 34.7 Å². The minimum absolute atomic E-state index is 0.0788. The van der Waals surface area contributed by atoms with E-state index < -0.39 is 4.92 Å². The van der Waals surface area contributed by atoms with Gasteiger partial charge in [0.05, 0.1) is 16.2 Å². The van der Waals surface area contributed by atoms with Crippen molar-refractivity contribution < 1.29 is 14.5 Å². The molecule has 3 heterocycles. The van der Waals surface area contributed by atoms with Crippen molar-refractivity contribution in [1.29, 1.82) is 0 Å². The first-order chi connectivity index (χ1) is 19.0. The number of anilines is 2. The molecule has 1 saturated heterocycles. The number of nitrogens with one attached hydrogen (secondary N) is 3. The van der Waals surface area contributed by atoms with Gasteiger partial charge in [0.15, 0.2) is 0 Å². The van der Waals surface area contributed by atoms with E-state index in [2.05, 4.69) is 28.1 Å². The van der Waals surface area contributed by atoms with Gasteiger partial charge in [-0.25, -0.2) is 0 Å². The Kier molecular flexibility index (Phi) is 6.58. The first kappa shape index (κ1) is 24.8. The Balaban J connectivity index is 1.41. The normalized spacial score (nSPS) is 17.8. The number of benzene rings is 3. The average Bonchev–Trinajstić information content (AvgIpc) is 3.28.